The van der Waals surface area contributed by atoms with Crippen LogP contribution in [0.5, 0.6) is 0 Å². The lowest BCUT2D eigenvalue weighted by Gasteiger charge is -2.34. The van der Waals surface area contributed by atoms with Crippen LogP contribution in [0.2, 0.25) is 0 Å². The van der Waals surface area contributed by atoms with Gasteiger partial charge in [-0.15, -0.1) is 11.3 Å². The number of rotatable bonds is 5. The maximum absolute atomic E-state index is 13.4. The summed E-state index contributed by atoms with van der Waals surface area (Å²) in [5, 5.41) is 13.2. The second kappa shape index (κ2) is 10.4. The number of thiophene rings is 1. The number of aryl methyl sites for hydroxylation is 1. The quantitative estimate of drug-likeness (QED) is 0.669. The Morgan fingerprint density at radius 2 is 1.82 bits per heavy atom. The monoisotopic (exact) mass is 472 g/mol. The van der Waals surface area contributed by atoms with Crippen molar-refractivity contribution in [3.8, 4) is 6.07 Å². The molecule has 4 rings (SSSR count). The highest BCUT2D eigenvalue weighted by molar-refractivity contribution is 7.16. The topological polar surface area (TPSA) is 76.4 Å². The first-order valence-electron chi connectivity index (χ1n) is 11.3. The minimum atomic E-state index is -1.03. The van der Waals surface area contributed by atoms with Gasteiger partial charge in [0.15, 0.2) is 11.6 Å². The Bertz CT molecular complexity index is 1090. The Labute approximate surface area is 195 Å². The fourth-order valence-corrected chi connectivity index (χ4v) is 5.64. The standard InChI is InChI=1S/C24H26F2N4O2S/c25-19-7-6-16(14-20(19)26)24(32)30-12-10-29(11-13-30)9-8-22(31)28-23-18(15-27)17-4-2-1-3-5-21(17)33-23/h6-7,14H,1-5,8-13H2,(H,28,31). The zero-order valence-corrected chi connectivity index (χ0v) is 19.1. The highest BCUT2D eigenvalue weighted by Gasteiger charge is 2.24. The molecule has 9 heteroatoms. The SMILES string of the molecule is N#Cc1c(NC(=O)CCN2CCN(C(=O)c3ccc(F)c(F)c3)CC2)sc2c1CCCCC2. The molecule has 1 N–H and O–H groups in total. The van der Waals surface area contributed by atoms with Gasteiger partial charge in [0.05, 0.1) is 5.56 Å². The molecule has 1 aliphatic heterocycles. The van der Waals surface area contributed by atoms with Crippen molar-refractivity contribution >= 4 is 28.2 Å². The summed E-state index contributed by atoms with van der Waals surface area (Å²) in [6.07, 6.45) is 5.54. The summed E-state index contributed by atoms with van der Waals surface area (Å²) < 4.78 is 26.5. The second-order valence-corrected chi connectivity index (χ2v) is 9.55. The van der Waals surface area contributed by atoms with Crippen molar-refractivity contribution in [1.82, 2.24) is 9.80 Å². The Morgan fingerprint density at radius 3 is 2.55 bits per heavy atom. The summed E-state index contributed by atoms with van der Waals surface area (Å²) in [4.78, 5) is 30.0. The van der Waals surface area contributed by atoms with E-state index in [2.05, 4.69) is 16.3 Å². The van der Waals surface area contributed by atoms with Crippen molar-refractivity contribution in [2.75, 3.05) is 38.0 Å². The molecule has 0 atom stereocenters. The summed E-state index contributed by atoms with van der Waals surface area (Å²) in [6, 6.07) is 5.45. The molecule has 6 nitrogen and oxygen atoms in total. The van der Waals surface area contributed by atoms with Crippen molar-refractivity contribution in [1.29, 1.82) is 5.26 Å². The van der Waals surface area contributed by atoms with Gasteiger partial charge in [-0.05, 0) is 49.4 Å². The van der Waals surface area contributed by atoms with E-state index in [-0.39, 0.29) is 17.4 Å². The molecule has 33 heavy (non-hydrogen) atoms. The van der Waals surface area contributed by atoms with E-state index in [0.29, 0.717) is 49.7 Å². The molecule has 2 amide bonds. The lowest BCUT2D eigenvalue weighted by molar-refractivity contribution is -0.116. The number of hydrogen-bond acceptors (Lipinski definition) is 5. The van der Waals surface area contributed by atoms with Crippen molar-refractivity contribution < 1.29 is 18.4 Å². The predicted octanol–water partition coefficient (Wildman–Crippen LogP) is 3.95. The minimum Gasteiger partial charge on any atom is -0.336 e. The summed E-state index contributed by atoms with van der Waals surface area (Å²) in [5.74, 6) is -2.46. The number of benzene rings is 1. The molecule has 2 aromatic rings. The van der Waals surface area contributed by atoms with Crippen LogP contribution in [0.1, 0.15) is 52.0 Å². The fraction of sp³-hybridized carbons (Fsp3) is 0.458. The highest BCUT2D eigenvalue weighted by Crippen LogP contribution is 2.37. The smallest absolute Gasteiger partial charge is 0.254 e. The fourth-order valence-electron chi connectivity index (χ4n) is 4.38. The first-order chi connectivity index (χ1) is 16.0. The van der Waals surface area contributed by atoms with Gasteiger partial charge in [-0.1, -0.05) is 6.42 Å². The number of nitriles is 1. The van der Waals surface area contributed by atoms with E-state index >= 15 is 0 Å². The number of carbonyl (C=O) groups excluding carboxylic acids is 2. The first kappa shape index (κ1) is 23.3. The van der Waals surface area contributed by atoms with Crippen molar-refractivity contribution in [3.63, 3.8) is 0 Å². The number of piperazine rings is 1. The largest absolute Gasteiger partial charge is 0.336 e. The average Bonchev–Trinajstić information content (AvgIpc) is 2.97. The number of halogens is 2. The first-order valence-corrected chi connectivity index (χ1v) is 12.1. The summed E-state index contributed by atoms with van der Waals surface area (Å²) in [5.41, 5.74) is 1.86. The molecule has 2 heterocycles. The Morgan fingerprint density at radius 1 is 1.06 bits per heavy atom. The van der Waals surface area contributed by atoms with Gasteiger partial charge >= 0.3 is 0 Å². The van der Waals surface area contributed by atoms with Crippen LogP contribution in [0.25, 0.3) is 0 Å². The minimum absolute atomic E-state index is 0.122. The average molecular weight is 473 g/mol. The van der Waals surface area contributed by atoms with Gasteiger partial charge in [-0.2, -0.15) is 5.26 Å². The van der Waals surface area contributed by atoms with Crippen LogP contribution in [-0.4, -0.2) is 54.3 Å². The van der Waals surface area contributed by atoms with E-state index in [4.69, 9.17) is 0 Å². The van der Waals surface area contributed by atoms with Gasteiger partial charge in [-0.25, -0.2) is 8.78 Å². The highest BCUT2D eigenvalue weighted by atomic mass is 32.1. The number of fused-ring (bicyclic) bond motifs is 1. The number of amides is 2. The van der Waals surface area contributed by atoms with Crippen LogP contribution in [0, 0.1) is 23.0 Å². The summed E-state index contributed by atoms with van der Waals surface area (Å²) in [7, 11) is 0. The predicted molar refractivity (Wildman–Crippen MR) is 122 cm³/mol. The van der Waals surface area contributed by atoms with Crippen LogP contribution in [0.4, 0.5) is 13.8 Å². The van der Waals surface area contributed by atoms with Gasteiger partial charge in [0.1, 0.15) is 11.1 Å². The molecule has 0 saturated carbocycles. The van der Waals surface area contributed by atoms with E-state index in [0.717, 1.165) is 43.4 Å². The lowest BCUT2D eigenvalue weighted by Crippen LogP contribution is -2.49. The van der Waals surface area contributed by atoms with Crippen LogP contribution in [0.15, 0.2) is 18.2 Å². The third-order valence-corrected chi connectivity index (χ3v) is 7.47. The maximum atomic E-state index is 13.4. The maximum Gasteiger partial charge on any atom is 0.254 e. The van der Waals surface area contributed by atoms with Gasteiger partial charge < -0.3 is 10.2 Å². The molecule has 1 saturated heterocycles. The third-order valence-electron chi connectivity index (χ3n) is 6.27. The molecule has 0 unspecified atom stereocenters. The molecule has 0 radical (unpaired) electrons. The molecular formula is C24H26F2N4O2S. The Hall–Kier alpha value is -2.83. The number of nitrogens with one attached hydrogen (secondary N) is 1. The molecule has 0 bridgehead atoms. The van der Waals surface area contributed by atoms with Gasteiger partial charge in [0.2, 0.25) is 5.91 Å². The van der Waals surface area contributed by atoms with E-state index in [1.54, 1.807) is 4.90 Å². The third kappa shape index (κ3) is 5.40. The molecule has 1 fully saturated rings. The van der Waals surface area contributed by atoms with Gasteiger partial charge in [0, 0.05) is 49.6 Å². The molecule has 1 aromatic heterocycles. The van der Waals surface area contributed by atoms with E-state index < -0.39 is 11.6 Å². The van der Waals surface area contributed by atoms with Crippen LogP contribution in [-0.2, 0) is 17.6 Å². The van der Waals surface area contributed by atoms with Crippen LogP contribution >= 0.6 is 11.3 Å². The summed E-state index contributed by atoms with van der Waals surface area (Å²) in [6.45, 7) is 2.65. The number of nitrogens with zero attached hydrogens (tertiary/aromatic N) is 3. The number of carbonyl (C=O) groups is 2. The van der Waals surface area contributed by atoms with Crippen molar-refractivity contribution in [2.24, 2.45) is 0 Å². The number of anilines is 1. The molecule has 1 aromatic carbocycles. The van der Waals surface area contributed by atoms with Crippen molar-refractivity contribution in [2.45, 2.75) is 38.5 Å². The van der Waals surface area contributed by atoms with Crippen LogP contribution < -0.4 is 5.32 Å². The van der Waals surface area contributed by atoms with Crippen LogP contribution in [0.3, 0.4) is 0 Å². The van der Waals surface area contributed by atoms with Crippen molar-refractivity contribution in [3.05, 3.63) is 51.4 Å². The lowest BCUT2D eigenvalue weighted by atomic mass is 10.1. The second-order valence-electron chi connectivity index (χ2n) is 8.44. The molecule has 2 aliphatic rings. The molecule has 0 spiro atoms. The normalized spacial score (nSPS) is 16.6. The van der Waals surface area contributed by atoms with E-state index in [9.17, 15) is 23.6 Å². The molecular weight excluding hydrogens is 446 g/mol. The van der Waals surface area contributed by atoms with E-state index in [1.165, 1.54) is 28.7 Å². The summed E-state index contributed by atoms with van der Waals surface area (Å²) >= 11 is 1.53. The van der Waals surface area contributed by atoms with Gasteiger partial charge in [0.25, 0.3) is 5.91 Å². The molecule has 1 aliphatic carbocycles. The molecule has 174 valence electrons. The van der Waals surface area contributed by atoms with Gasteiger partial charge in [-0.3, -0.25) is 14.5 Å². The van der Waals surface area contributed by atoms with E-state index in [1.807, 2.05) is 0 Å². The zero-order chi connectivity index (χ0) is 23.4. The Balaban J connectivity index is 1.26. The Kier molecular flexibility index (Phi) is 7.36. The number of hydrogen-bond donors (Lipinski definition) is 1. The zero-order valence-electron chi connectivity index (χ0n) is 18.3.